The molecule has 0 heterocycles. The quantitative estimate of drug-likeness (QED) is 0.732. The van der Waals surface area contributed by atoms with E-state index in [0.29, 0.717) is 17.5 Å². The van der Waals surface area contributed by atoms with Crippen LogP contribution >= 0.6 is 23.2 Å². The van der Waals surface area contributed by atoms with Crippen LogP contribution in [0.15, 0.2) is 48.5 Å². The maximum atomic E-state index is 5.97. The molecule has 17 heavy (non-hydrogen) atoms. The monoisotopic (exact) mass is 266 g/mol. The molecule has 0 aromatic heterocycles. The third-order valence-corrected chi connectivity index (χ3v) is 2.86. The number of benzene rings is 2. The summed E-state index contributed by atoms with van der Waals surface area (Å²) >= 11 is 11.7. The third kappa shape index (κ3) is 3.65. The average molecular weight is 267 g/mol. The fourth-order valence-corrected chi connectivity index (χ4v) is 1.92. The van der Waals surface area contributed by atoms with Crippen molar-refractivity contribution in [3.63, 3.8) is 0 Å². The lowest BCUT2D eigenvalue weighted by atomic mass is 10.2. The van der Waals surface area contributed by atoms with Gasteiger partial charge in [-0.2, -0.15) is 0 Å². The van der Waals surface area contributed by atoms with E-state index in [2.05, 4.69) is 0 Å². The van der Waals surface area contributed by atoms with Crippen LogP contribution < -0.4 is 4.74 Å². The van der Waals surface area contributed by atoms with E-state index in [0.717, 1.165) is 16.9 Å². The number of halogens is 2. The summed E-state index contributed by atoms with van der Waals surface area (Å²) in [6.07, 6.45) is 0. The Bertz CT molecular complexity index is 483. The van der Waals surface area contributed by atoms with E-state index in [1.807, 2.05) is 42.5 Å². The van der Waals surface area contributed by atoms with Crippen molar-refractivity contribution < 1.29 is 4.74 Å². The van der Waals surface area contributed by atoms with Gasteiger partial charge in [0, 0.05) is 10.9 Å². The normalized spacial score (nSPS) is 10.2. The highest BCUT2D eigenvalue weighted by atomic mass is 35.5. The Hall–Kier alpha value is -1.18. The lowest BCUT2D eigenvalue weighted by Gasteiger charge is -2.08. The molecule has 0 saturated heterocycles. The predicted octanol–water partition coefficient (Wildman–Crippen LogP) is 4.66. The lowest BCUT2D eigenvalue weighted by molar-refractivity contribution is 0.306. The minimum absolute atomic E-state index is 0.433. The Labute approximate surface area is 111 Å². The molecule has 2 aromatic carbocycles. The van der Waals surface area contributed by atoms with E-state index in [1.54, 1.807) is 6.07 Å². The van der Waals surface area contributed by atoms with Crippen molar-refractivity contribution in [3.05, 3.63) is 64.7 Å². The molecule has 0 bridgehead atoms. The Balaban J connectivity index is 2.06. The summed E-state index contributed by atoms with van der Waals surface area (Å²) < 4.78 is 5.67. The smallest absolute Gasteiger partial charge is 0.121 e. The molecule has 0 aliphatic rings. The molecule has 0 atom stereocenters. The second kappa shape index (κ2) is 5.95. The van der Waals surface area contributed by atoms with Crippen molar-refractivity contribution in [2.24, 2.45) is 0 Å². The molecule has 0 aliphatic heterocycles. The lowest BCUT2D eigenvalue weighted by Crippen LogP contribution is -1.95. The fourth-order valence-electron chi connectivity index (χ4n) is 1.52. The van der Waals surface area contributed by atoms with Gasteiger partial charge >= 0.3 is 0 Å². The minimum atomic E-state index is 0.433. The van der Waals surface area contributed by atoms with E-state index in [-0.39, 0.29) is 0 Å². The number of ether oxygens (including phenoxy) is 1. The zero-order valence-electron chi connectivity index (χ0n) is 9.20. The molecule has 88 valence electrons. The Morgan fingerprint density at radius 3 is 2.41 bits per heavy atom. The van der Waals surface area contributed by atoms with Crippen LogP contribution in [0, 0.1) is 0 Å². The number of hydrogen-bond acceptors (Lipinski definition) is 1. The van der Waals surface area contributed by atoms with E-state index in [1.165, 1.54) is 0 Å². The second-order valence-electron chi connectivity index (χ2n) is 3.70. The van der Waals surface area contributed by atoms with E-state index in [9.17, 15) is 0 Å². The first-order valence-corrected chi connectivity index (χ1v) is 6.21. The molecular formula is C14H12Cl2O. The van der Waals surface area contributed by atoms with Crippen LogP contribution in [0.2, 0.25) is 5.02 Å². The van der Waals surface area contributed by atoms with Crippen LogP contribution in [0.4, 0.5) is 0 Å². The Kier molecular flexibility index (Phi) is 4.29. The number of hydrogen-bond donors (Lipinski definition) is 0. The van der Waals surface area contributed by atoms with Gasteiger partial charge in [0.05, 0.1) is 0 Å². The fraction of sp³-hybridized carbons (Fsp3) is 0.143. The average Bonchev–Trinajstić information content (AvgIpc) is 2.37. The Morgan fingerprint density at radius 2 is 1.71 bits per heavy atom. The van der Waals surface area contributed by atoms with Crippen LogP contribution in [0.25, 0.3) is 0 Å². The first-order chi connectivity index (χ1) is 8.28. The van der Waals surface area contributed by atoms with Gasteiger partial charge in [-0.15, -0.1) is 11.6 Å². The summed E-state index contributed by atoms with van der Waals surface area (Å²) in [7, 11) is 0. The molecule has 0 fully saturated rings. The highest BCUT2D eigenvalue weighted by Gasteiger charge is 2.00. The standard InChI is InChI=1S/C14H12Cl2O/c15-9-12-6-13(16)8-14(7-12)17-10-11-4-2-1-3-5-11/h1-8H,9-10H2. The zero-order valence-corrected chi connectivity index (χ0v) is 10.7. The Morgan fingerprint density at radius 1 is 0.941 bits per heavy atom. The highest BCUT2D eigenvalue weighted by molar-refractivity contribution is 6.30. The van der Waals surface area contributed by atoms with Crippen molar-refractivity contribution >= 4 is 23.2 Å². The van der Waals surface area contributed by atoms with Crippen LogP contribution in [0.5, 0.6) is 5.75 Å². The summed E-state index contributed by atoms with van der Waals surface area (Å²) in [6, 6.07) is 15.5. The SMILES string of the molecule is ClCc1cc(Cl)cc(OCc2ccccc2)c1. The molecule has 0 saturated carbocycles. The molecular weight excluding hydrogens is 255 g/mol. The molecule has 0 aliphatic carbocycles. The van der Waals surface area contributed by atoms with Crippen molar-refractivity contribution in [3.8, 4) is 5.75 Å². The van der Waals surface area contributed by atoms with Crippen LogP contribution in [-0.4, -0.2) is 0 Å². The van der Waals surface area contributed by atoms with Crippen molar-refractivity contribution in [2.75, 3.05) is 0 Å². The summed E-state index contributed by atoms with van der Waals surface area (Å²) in [6.45, 7) is 0.531. The molecule has 0 N–H and O–H groups in total. The van der Waals surface area contributed by atoms with Gasteiger partial charge in [-0.1, -0.05) is 41.9 Å². The minimum Gasteiger partial charge on any atom is -0.489 e. The van der Waals surface area contributed by atoms with Crippen molar-refractivity contribution in [1.29, 1.82) is 0 Å². The topological polar surface area (TPSA) is 9.23 Å². The third-order valence-electron chi connectivity index (χ3n) is 2.33. The maximum Gasteiger partial charge on any atom is 0.121 e. The van der Waals surface area contributed by atoms with Gasteiger partial charge in [-0.25, -0.2) is 0 Å². The molecule has 2 rings (SSSR count). The van der Waals surface area contributed by atoms with Gasteiger partial charge < -0.3 is 4.74 Å². The first-order valence-electron chi connectivity index (χ1n) is 5.30. The summed E-state index contributed by atoms with van der Waals surface area (Å²) in [5.41, 5.74) is 2.09. The van der Waals surface area contributed by atoms with Crippen LogP contribution in [0.1, 0.15) is 11.1 Å². The molecule has 0 radical (unpaired) electrons. The van der Waals surface area contributed by atoms with E-state index >= 15 is 0 Å². The zero-order chi connectivity index (χ0) is 12.1. The molecule has 0 spiro atoms. The molecule has 2 aromatic rings. The molecule has 0 unspecified atom stereocenters. The van der Waals surface area contributed by atoms with Gasteiger partial charge in [0.2, 0.25) is 0 Å². The molecule has 3 heteroatoms. The van der Waals surface area contributed by atoms with Crippen LogP contribution in [-0.2, 0) is 12.5 Å². The largest absolute Gasteiger partial charge is 0.489 e. The van der Waals surface area contributed by atoms with Crippen molar-refractivity contribution in [2.45, 2.75) is 12.5 Å². The maximum absolute atomic E-state index is 5.97. The predicted molar refractivity (Wildman–Crippen MR) is 71.8 cm³/mol. The van der Waals surface area contributed by atoms with Crippen LogP contribution in [0.3, 0.4) is 0 Å². The van der Waals surface area contributed by atoms with E-state index in [4.69, 9.17) is 27.9 Å². The summed E-state index contributed by atoms with van der Waals surface area (Å²) in [4.78, 5) is 0. The highest BCUT2D eigenvalue weighted by Crippen LogP contribution is 2.22. The first kappa shape index (κ1) is 12.3. The summed E-state index contributed by atoms with van der Waals surface area (Å²) in [5, 5.41) is 0.645. The summed E-state index contributed by atoms with van der Waals surface area (Å²) in [5.74, 6) is 1.18. The van der Waals surface area contributed by atoms with Gasteiger partial charge in [0.1, 0.15) is 12.4 Å². The van der Waals surface area contributed by atoms with Gasteiger partial charge in [-0.05, 0) is 29.3 Å². The molecule has 1 nitrogen and oxygen atoms in total. The van der Waals surface area contributed by atoms with Gasteiger partial charge in [0.25, 0.3) is 0 Å². The number of alkyl halides is 1. The van der Waals surface area contributed by atoms with E-state index < -0.39 is 0 Å². The van der Waals surface area contributed by atoms with Gasteiger partial charge in [0.15, 0.2) is 0 Å². The number of rotatable bonds is 4. The van der Waals surface area contributed by atoms with Gasteiger partial charge in [-0.3, -0.25) is 0 Å². The molecule has 0 amide bonds. The second-order valence-corrected chi connectivity index (χ2v) is 4.41. The van der Waals surface area contributed by atoms with Crippen molar-refractivity contribution in [1.82, 2.24) is 0 Å².